The van der Waals surface area contributed by atoms with E-state index in [4.69, 9.17) is 11.6 Å². The number of H-pyrrole nitrogens is 1. The summed E-state index contributed by atoms with van der Waals surface area (Å²) in [7, 11) is 0. The third-order valence-corrected chi connectivity index (χ3v) is 3.05. The molecule has 6 nitrogen and oxygen atoms in total. The lowest BCUT2D eigenvalue weighted by molar-refractivity contribution is 0.510. The second-order valence-corrected chi connectivity index (χ2v) is 4.87. The van der Waals surface area contributed by atoms with Gasteiger partial charge in [0.2, 0.25) is 0 Å². The Labute approximate surface area is 109 Å². The molecule has 0 aromatic carbocycles. The van der Waals surface area contributed by atoms with Gasteiger partial charge in [-0.2, -0.15) is 9.61 Å². The summed E-state index contributed by atoms with van der Waals surface area (Å²) in [5.41, 5.74) is 0.163. The van der Waals surface area contributed by atoms with Gasteiger partial charge in [0.15, 0.2) is 5.65 Å². The van der Waals surface area contributed by atoms with E-state index in [2.05, 4.69) is 34.5 Å². The number of nitrogens with zero attached hydrogens (tertiary/aromatic N) is 3. The van der Waals surface area contributed by atoms with Gasteiger partial charge in [0.25, 0.3) is 0 Å². The molecule has 2 aromatic rings. The first kappa shape index (κ1) is 12.9. The van der Waals surface area contributed by atoms with Gasteiger partial charge < -0.3 is 5.32 Å². The van der Waals surface area contributed by atoms with Gasteiger partial charge in [0.1, 0.15) is 5.82 Å². The largest absolute Gasteiger partial charge is 0.366 e. The van der Waals surface area contributed by atoms with Crippen molar-refractivity contribution in [2.75, 3.05) is 11.2 Å². The molecule has 0 aliphatic rings. The molecule has 0 saturated carbocycles. The minimum Gasteiger partial charge on any atom is -0.366 e. The molecule has 2 rings (SSSR count). The van der Waals surface area contributed by atoms with Gasteiger partial charge in [-0.25, -0.2) is 9.89 Å². The van der Waals surface area contributed by atoms with Crippen LogP contribution in [0, 0.1) is 5.92 Å². The zero-order chi connectivity index (χ0) is 13.1. The smallest absolute Gasteiger partial charge is 0.364 e. The average molecular weight is 270 g/mol. The zero-order valence-electron chi connectivity index (χ0n) is 10.4. The Balaban J connectivity index is 2.24. The first-order valence-electron chi connectivity index (χ1n) is 5.89. The van der Waals surface area contributed by atoms with Crippen molar-refractivity contribution in [3.05, 3.63) is 22.6 Å². The Morgan fingerprint density at radius 3 is 2.94 bits per heavy atom. The van der Waals surface area contributed by atoms with E-state index in [0.717, 1.165) is 6.42 Å². The van der Waals surface area contributed by atoms with Crippen LogP contribution in [0.1, 0.15) is 20.3 Å². The molecule has 1 atom stereocenters. The Kier molecular flexibility index (Phi) is 3.86. The van der Waals surface area contributed by atoms with Gasteiger partial charge in [0, 0.05) is 11.9 Å². The molecule has 98 valence electrons. The summed E-state index contributed by atoms with van der Waals surface area (Å²) < 4.78 is 1.24. The zero-order valence-corrected chi connectivity index (χ0v) is 11.1. The lowest BCUT2D eigenvalue weighted by Crippen LogP contribution is -2.27. The standard InChI is InChI=1S/C11H16ClN5O/c1-7(2)8(5-6-12)13-9-3-4-10-14-15-11(18)17(10)16-9/h3-4,7-8H,5-6H2,1-2H3,(H,13,16)(H,15,18). The van der Waals surface area contributed by atoms with E-state index < -0.39 is 0 Å². The van der Waals surface area contributed by atoms with Gasteiger partial charge >= 0.3 is 5.69 Å². The van der Waals surface area contributed by atoms with Crippen molar-refractivity contribution in [3.8, 4) is 0 Å². The highest BCUT2D eigenvalue weighted by molar-refractivity contribution is 6.17. The summed E-state index contributed by atoms with van der Waals surface area (Å²) in [6.07, 6.45) is 0.846. The summed E-state index contributed by atoms with van der Waals surface area (Å²) in [5.74, 6) is 1.67. The van der Waals surface area contributed by atoms with E-state index in [1.807, 2.05) is 0 Å². The van der Waals surface area contributed by atoms with Gasteiger partial charge in [-0.3, -0.25) is 0 Å². The summed E-state index contributed by atoms with van der Waals surface area (Å²) in [5, 5.41) is 13.7. The molecule has 0 amide bonds. The highest BCUT2D eigenvalue weighted by Gasteiger charge is 2.13. The molecule has 1 unspecified atom stereocenters. The topological polar surface area (TPSA) is 75.1 Å². The number of alkyl halides is 1. The second kappa shape index (κ2) is 5.39. The Bertz CT molecular complexity index is 576. The van der Waals surface area contributed by atoms with Crippen LogP contribution in [0.5, 0.6) is 0 Å². The number of nitrogens with one attached hydrogen (secondary N) is 2. The molecule has 7 heteroatoms. The molecule has 0 aliphatic carbocycles. The second-order valence-electron chi connectivity index (χ2n) is 4.49. The van der Waals surface area contributed by atoms with Crippen molar-refractivity contribution < 1.29 is 0 Å². The molecule has 2 N–H and O–H groups in total. The van der Waals surface area contributed by atoms with Crippen LogP contribution in [0.15, 0.2) is 16.9 Å². The molecule has 0 saturated heterocycles. The van der Waals surface area contributed by atoms with Crippen LogP contribution in [0.4, 0.5) is 5.82 Å². The van der Waals surface area contributed by atoms with Crippen LogP contribution in [0.3, 0.4) is 0 Å². The van der Waals surface area contributed by atoms with Gasteiger partial charge in [-0.1, -0.05) is 13.8 Å². The molecular formula is C11H16ClN5O. The third kappa shape index (κ3) is 2.64. The minimum atomic E-state index is -0.341. The lowest BCUT2D eigenvalue weighted by atomic mass is 10.0. The molecule has 2 aromatic heterocycles. The molecule has 0 bridgehead atoms. The third-order valence-electron chi connectivity index (χ3n) is 2.83. The molecule has 0 fully saturated rings. The molecule has 0 aliphatic heterocycles. The monoisotopic (exact) mass is 269 g/mol. The number of aromatic amines is 1. The summed E-state index contributed by atoms with van der Waals surface area (Å²) in [6, 6.07) is 3.78. The van der Waals surface area contributed by atoms with E-state index >= 15 is 0 Å². The van der Waals surface area contributed by atoms with Crippen LogP contribution in [0.2, 0.25) is 0 Å². The number of hydrogen-bond acceptors (Lipinski definition) is 4. The number of fused-ring (bicyclic) bond motifs is 1. The quantitative estimate of drug-likeness (QED) is 0.807. The maximum Gasteiger partial charge on any atom is 0.364 e. The predicted octanol–water partition coefficient (Wildman–Crippen LogP) is 1.48. The van der Waals surface area contributed by atoms with Gasteiger partial charge in [0.05, 0.1) is 0 Å². The normalized spacial score (nSPS) is 13.1. The van der Waals surface area contributed by atoms with Gasteiger partial charge in [-0.05, 0) is 24.5 Å². The van der Waals surface area contributed by atoms with Crippen molar-refractivity contribution in [1.82, 2.24) is 19.8 Å². The SMILES string of the molecule is CC(C)C(CCCl)Nc1ccc2n[nH]c(=O)n2n1. The van der Waals surface area contributed by atoms with Crippen LogP contribution in [0.25, 0.3) is 5.65 Å². The summed E-state index contributed by atoms with van der Waals surface area (Å²) in [6.45, 7) is 4.24. The van der Waals surface area contributed by atoms with Crippen molar-refractivity contribution in [1.29, 1.82) is 0 Å². The predicted molar refractivity (Wildman–Crippen MR) is 71.2 cm³/mol. The Morgan fingerprint density at radius 1 is 1.50 bits per heavy atom. The van der Waals surface area contributed by atoms with E-state index in [9.17, 15) is 4.79 Å². The Hall–Kier alpha value is -1.56. The van der Waals surface area contributed by atoms with Crippen molar-refractivity contribution in [3.63, 3.8) is 0 Å². The first-order chi connectivity index (χ1) is 8.61. The molecule has 0 radical (unpaired) electrons. The number of rotatable bonds is 5. The minimum absolute atomic E-state index is 0.232. The van der Waals surface area contributed by atoms with Crippen molar-refractivity contribution in [2.45, 2.75) is 26.3 Å². The van der Waals surface area contributed by atoms with Crippen molar-refractivity contribution >= 4 is 23.1 Å². The highest BCUT2D eigenvalue weighted by atomic mass is 35.5. The Morgan fingerprint density at radius 2 is 2.28 bits per heavy atom. The molecule has 18 heavy (non-hydrogen) atoms. The van der Waals surface area contributed by atoms with Crippen LogP contribution >= 0.6 is 11.6 Å². The van der Waals surface area contributed by atoms with E-state index in [1.165, 1.54) is 4.52 Å². The van der Waals surface area contributed by atoms with Crippen molar-refractivity contribution in [2.24, 2.45) is 5.92 Å². The van der Waals surface area contributed by atoms with E-state index in [-0.39, 0.29) is 11.7 Å². The highest BCUT2D eigenvalue weighted by Crippen LogP contribution is 2.13. The first-order valence-corrected chi connectivity index (χ1v) is 6.42. The number of hydrogen-bond donors (Lipinski definition) is 2. The van der Waals surface area contributed by atoms with E-state index in [1.54, 1.807) is 12.1 Å². The fourth-order valence-corrected chi connectivity index (χ4v) is 1.99. The molecular weight excluding hydrogens is 254 g/mol. The van der Waals surface area contributed by atoms with Crippen LogP contribution in [-0.4, -0.2) is 31.7 Å². The molecule has 0 spiro atoms. The maximum absolute atomic E-state index is 11.4. The number of aromatic nitrogens is 4. The lowest BCUT2D eigenvalue weighted by Gasteiger charge is -2.21. The maximum atomic E-state index is 11.4. The summed E-state index contributed by atoms with van der Waals surface area (Å²) in [4.78, 5) is 11.4. The number of halogens is 1. The summed E-state index contributed by atoms with van der Waals surface area (Å²) >= 11 is 5.78. The fourth-order valence-electron chi connectivity index (χ4n) is 1.76. The van der Waals surface area contributed by atoms with Crippen LogP contribution < -0.4 is 11.0 Å². The molecule has 2 heterocycles. The number of anilines is 1. The van der Waals surface area contributed by atoms with Crippen LogP contribution in [-0.2, 0) is 0 Å². The van der Waals surface area contributed by atoms with Gasteiger partial charge in [-0.15, -0.1) is 16.7 Å². The van der Waals surface area contributed by atoms with E-state index in [0.29, 0.717) is 23.3 Å². The average Bonchev–Trinajstić information content (AvgIpc) is 2.70. The fraction of sp³-hybridized carbons (Fsp3) is 0.545.